The smallest absolute Gasteiger partial charge is 0.545 e. The molecule has 0 unspecified atom stereocenters. The van der Waals surface area contributed by atoms with Gasteiger partial charge in [-0.25, -0.2) is 0 Å². The Hall–Kier alpha value is -1.18. The number of allylic oxidation sites excluding steroid dienone is 4. The summed E-state index contributed by atoms with van der Waals surface area (Å²) in [4.78, 5) is 15.5. The van der Waals surface area contributed by atoms with Gasteiger partial charge in [0.25, 0.3) is 0 Å². The molecule has 0 heterocycles. The molecule has 0 rings (SSSR count). The van der Waals surface area contributed by atoms with Crippen LogP contribution in [0.4, 0.5) is 0 Å². The maximum Gasteiger partial charge on any atom is 2.00 e. The molecule has 0 aliphatic heterocycles. The minimum absolute atomic E-state index is 0. The first-order valence-electron chi connectivity index (χ1n) is 6.42. The zero-order valence-electron chi connectivity index (χ0n) is 15.4. The van der Waals surface area contributed by atoms with E-state index in [2.05, 4.69) is 92.2 Å². The van der Waals surface area contributed by atoms with Crippen LogP contribution in [-0.4, -0.2) is 13.6 Å². The molecule has 0 bridgehead atoms. The quantitative estimate of drug-likeness (QED) is 0.212. The number of carbonyl (C=O) groups excluding carboxylic acids is 2. The second-order valence-corrected chi connectivity index (χ2v) is 2.58. The van der Waals surface area contributed by atoms with Crippen molar-refractivity contribution in [2.45, 2.75) is 53.4 Å². The van der Waals surface area contributed by atoms with Gasteiger partial charge in [0.1, 0.15) is 0 Å². The van der Waals surface area contributed by atoms with E-state index in [1.54, 1.807) is 0 Å². The molecule has 8 heteroatoms. The molecule has 0 aromatic heterocycles. The maximum atomic E-state index is 7.75. The Bertz CT molecular complexity index is 220. The van der Waals surface area contributed by atoms with Gasteiger partial charge < -0.3 is 9.59 Å². The van der Waals surface area contributed by atoms with E-state index in [-0.39, 0.29) is 34.1 Å². The molecule has 0 amide bonds. The minimum atomic E-state index is 0. The van der Waals surface area contributed by atoms with Crippen molar-refractivity contribution in [2.75, 3.05) is 0 Å². The Morgan fingerprint density at radius 2 is 0.615 bits per heavy atom. The van der Waals surface area contributed by atoms with Gasteiger partial charge in [-0.1, -0.05) is 52.0 Å². The summed E-state index contributed by atoms with van der Waals surface area (Å²) < 4.78 is 30.0. The van der Waals surface area contributed by atoms with E-state index < -0.39 is 0 Å². The summed E-state index contributed by atoms with van der Waals surface area (Å²) in [6, 6.07) is 0. The number of hydrogen-bond acceptors (Lipinski definition) is 2. The molecular formula is C18H26Fe2O6. The largest absolute Gasteiger partial charge is 2.00 e. The standard InChI is InChI=1S/2C6H12.2CHO.4CO.2Fe/c2*1-3-5-6-4-2;6*1-2;;/h2*5-6H,3-4H2,1-2H3;2*1H;;;;;;/q;;2*-1;;;;;;+2/b2*6-5+;;;;;;;;. The van der Waals surface area contributed by atoms with Crippen molar-refractivity contribution in [1.82, 2.24) is 0 Å². The Morgan fingerprint density at radius 1 is 0.538 bits per heavy atom. The Kier molecular flexibility index (Phi) is 658. The van der Waals surface area contributed by atoms with E-state index in [9.17, 15) is 0 Å². The molecular weight excluding hydrogens is 424 g/mol. The van der Waals surface area contributed by atoms with E-state index >= 15 is 0 Å². The molecule has 0 aliphatic carbocycles. The summed E-state index contributed by atoms with van der Waals surface area (Å²) in [5.41, 5.74) is 0. The van der Waals surface area contributed by atoms with Gasteiger partial charge in [-0.15, -0.1) is 0 Å². The fourth-order valence-electron chi connectivity index (χ4n) is 0.667. The third kappa shape index (κ3) is 468. The van der Waals surface area contributed by atoms with Crippen molar-refractivity contribution in [3.8, 4) is 0 Å². The van der Waals surface area contributed by atoms with Crippen LogP contribution in [0.15, 0.2) is 24.3 Å². The summed E-state index contributed by atoms with van der Waals surface area (Å²) in [6.07, 6.45) is 13.4. The van der Waals surface area contributed by atoms with Gasteiger partial charge in [-0.3, -0.25) is 13.6 Å². The first-order valence-corrected chi connectivity index (χ1v) is 6.42. The molecule has 26 heavy (non-hydrogen) atoms. The van der Waals surface area contributed by atoms with Crippen LogP contribution in [0.1, 0.15) is 53.4 Å². The summed E-state index contributed by atoms with van der Waals surface area (Å²) in [7, 11) is 0. The maximum absolute atomic E-state index is 7.75. The summed E-state index contributed by atoms with van der Waals surface area (Å²) in [5, 5.41) is 0. The molecule has 0 fully saturated rings. The van der Waals surface area contributed by atoms with Crippen LogP contribution in [0.3, 0.4) is 0 Å². The zero-order valence-corrected chi connectivity index (χ0v) is 17.7. The van der Waals surface area contributed by atoms with Crippen LogP contribution < -0.4 is 0 Å². The molecule has 0 saturated heterocycles. The third-order valence-electron chi connectivity index (χ3n) is 1.28. The van der Waals surface area contributed by atoms with E-state index in [1.165, 1.54) is 25.7 Å². The third-order valence-corrected chi connectivity index (χ3v) is 1.28. The van der Waals surface area contributed by atoms with Crippen LogP contribution in [0.2, 0.25) is 0 Å². The van der Waals surface area contributed by atoms with Gasteiger partial charge in [-0.2, -0.15) is 0 Å². The second kappa shape index (κ2) is 267. The SMILES string of the molecule is CC/C=C/CC.CC/C=C/CC.[C-]#[O+].[C-]#[O+].[C-]#[O+].[C-]#[O+].[CH-]=O.[CH-]=O.[Fe+2].[Fe]. The van der Waals surface area contributed by atoms with E-state index in [4.69, 9.17) is 28.2 Å². The number of hydrogen-bond donors (Lipinski definition) is 0. The molecule has 150 valence electrons. The number of rotatable bonds is 4. The van der Waals surface area contributed by atoms with E-state index in [0.717, 1.165) is 0 Å². The fraction of sp³-hybridized carbons (Fsp3) is 0.444. The monoisotopic (exact) mass is 450 g/mol. The van der Waals surface area contributed by atoms with Crippen LogP contribution >= 0.6 is 0 Å². The fourth-order valence-corrected chi connectivity index (χ4v) is 0.667. The average molecular weight is 450 g/mol. The second-order valence-electron chi connectivity index (χ2n) is 2.58. The molecule has 6 nitrogen and oxygen atoms in total. The first kappa shape index (κ1) is 64.1. The van der Waals surface area contributed by atoms with Gasteiger partial charge in [0, 0.05) is 17.1 Å². The van der Waals surface area contributed by atoms with Crippen molar-refractivity contribution in [2.24, 2.45) is 0 Å². The van der Waals surface area contributed by atoms with Crippen LogP contribution in [-0.2, 0) is 62.3 Å². The summed E-state index contributed by atoms with van der Waals surface area (Å²) in [5.74, 6) is 0. The topological polar surface area (TPSA) is 114 Å². The van der Waals surface area contributed by atoms with Crippen molar-refractivity contribution < 1.29 is 62.3 Å². The van der Waals surface area contributed by atoms with Crippen LogP contribution in [0, 0.1) is 26.6 Å². The molecule has 0 saturated carbocycles. The Balaban J connectivity index is -0.0000000150. The predicted molar refractivity (Wildman–Crippen MR) is 88.7 cm³/mol. The van der Waals surface area contributed by atoms with Gasteiger partial charge in [-0.05, 0) is 25.7 Å². The predicted octanol–water partition coefficient (Wildman–Crippen LogP) is 4.02. The molecule has 0 radical (unpaired) electrons. The van der Waals surface area contributed by atoms with E-state index in [0.29, 0.717) is 0 Å². The minimum Gasteiger partial charge on any atom is -0.545 e. The summed E-state index contributed by atoms with van der Waals surface area (Å²) >= 11 is 0. The van der Waals surface area contributed by atoms with E-state index in [1.807, 2.05) is 0 Å². The van der Waals surface area contributed by atoms with Crippen molar-refractivity contribution >= 4 is 13.6 Å². The normalized spacial score (nSPS) is 5.38. The van der Waals surface area contributed by atoms with Gasteiger partial charge >= 0.3 is 62.3 Å². The van der Waals surface area contributed by atoms with Gasteiger partial charge in [0.15, 0.2) is 0 Å². The molecule has 0 spiro atoms. The molecule has 0 N–H and O–H groups in total. The zero-order chi connectivity index (χ0) is 21.7. The Morgan fingerprint density at radius 3 is 0.654 bits per heavy atom. The van der Waals surface area contributed by atoms with Crippen molar-refractivity contribution in [3.63, 3.8) is 0 Å². The first-order chi connectivity index (χ1) is 11.8. The molecule has 0 atom stereocenters. The average Bonchev–Trinajstić information content (AvgIpc) is 2.74. The molecule has 0 aromatic carbocycles. The van der Waals surface area contributed by atoms with Crippen LogP contribution in [0.25, 0.3) is 0 Å². The molecule has 0 aromatic rings. The van der Waals surface area contributed by atoms with Crippen LogP contribution in [0.5, 0.6) is 0 Å². The van der Waals surface area contributed by atoms with Crippen molar-refractivity contribution in [1.29, 1.82) is 0 Å². The molecule has 0 aliphatic rings. The van der Waals surface area contributed by atoms with Gasteiger partial charge in [0.2, 0.25) is 0 Å². The summed E-state index contributed by atoms with van der Waals surface area (Å²) in [6.45, 7) is 33.1. The van der Waals surface area contributed by atoms with Gasteiger partial charge in [0.05, 0.1) is 0 Å². The van der Waals surface area contributed by atoms with Crippen molar-refractivity contribution in [3.05, 3.63) is 50.9 Å². The Labute approximate surface area is 180 Å².